The number of anilines is 1. The van der Waals surface area contributed by atoms with Crippen molar-refractivity contribution in [2.75, 3.05) is 4.90 Å². The summed E-state index contributed by atoms with van der Waals surface area (Å²) < 4.78 is 0. The molecule has 1 saturated carbocycles. The molecule has 25 heavy (non-hydrogen) atoms. The normalized spacial score (nSPS) is 27.7. The SMILES string of the molecule is N[C@@H]1CCCC[C@@H]1N=C[C@H]1C(=O)NC(=O)N(c2ccccc2Cl)C1=O. The van der Waals surface area contributed by atoms with E-state index in [0.29, 0.717) is 0 Å². The number of para-hydroxylation sites is 1. The molecule has 0 aromatic heterocycles. The van der Waals surface area contributed by atoms with Gasteiger partial charge in [-0.15, -0.1) is 0 Å². The fraction of sp³-hybridized carbons (Fsp3) is 0.412. The summed E-state index contributed by atoms with van der Waals surface area (Å²) in [6.45, 7) is 0. The van der Waals surface area contributed by atoms with Crippen molar-refractivity contribution >= 4 is 41.3 Å². The number of nitrogens with two attached hydrogens (primary N) is 1. The second-order valence-electron chi connectivity index (χ2n) is 6.21. The number of halogens is 1. The van der Waals surface area contributed by atoms with Gasteiger partial charge in [-0.05, 0) is 25.0 Å². The van der Waals surface area contributed by atoms with Crippen LogP contribution in [0.2, 0.25) is 5.02 Å². The minimum atomic E-state index is -1.18. The Kier molecular flexibility index (Phi) is 5.15. The quantitative estimate of drug-likeness (QED) is 0.632. The van der Waals surface area contributed by atoms with Gasteiger partial charge in [0.15, 0.2) is 5.92 Å². The Morgan fingerprint density at radius 3 is 2.64 bits per heavy atom. The smallest absolute Gasteiger partial charge is 0.326 e. The lowest BCUT2D eigenvalue weighted by atomic mass is 9.91. The number of barbiturate groups is 1. The van der Waals surface area contributed by atoms with Gasteiger partial charge < -0.3 is 5.73 Å². The van der Waals surface area contributed by atoms with Crippen LogP contribution in [0.3, 0.4) is 0 Å². The standard InChI is InChI=1S/C17H19ClN4O3/c18-11-5-1-4-8-14(11)22-16(24)10(15(23)21-17(22)25)9-20-13-7-3-2-6-12(13)19/h1,4-5,8-10,12-13H,2-3,6-7,19H2,(H,21,23,25)/t10-,12+,13-/m0/s1. The van der Waals surface area contributed by atoms with Crippen molar-refractivity contribution in [1.82, 2.24) is 5.32 Å². The molecule has 132 valence electrons. The van der Waals surface area contributed by atoms with Gasteiger partial charge in [0.2, 0.25) is 5.91 Å². The number of nitrogens with zero attached hydrogens (tertiary/aromatic N) is 2. The Bertz CT molecular complexity index is 736. The van der Waals surface area contributed by atoms with E-state index in [1.807, 2.05) is 0 Å². The highest BCUT2D eigenvalue weighted by Crippen LogP contribution is 2.28. The number of benzene rings is 1. The highest BCUT2D eigenvalue weighted by molar-refractivity contribution is 6.38. The molecule has 3 atom stereocenters. The molecule has 0 spiro atoms. The first-order valence-corrected chi connectivity index (χ1v) is 8.59. The minimum Gasteiger partial charge on any atom is -0.326 e. The first-order valence-electron chi connectivity index (χ1n) is 8.21. The summed E-state index contributed by atoms with van der Waals surface area (Å²) in [5, 5.41) is 2.42. The van der Waals surface area contributed by atoms with Crippen molar-refractivity contribution in [2.24, 2.45) is 16.6 Å². The fourth-order valence-electron chi connectivity index (χ4n) is 3.10. The van der Waals surface area contributed by atoms with Crippen molar-refractivity contribution in [3.8, 4) is 0 Å². The van der Waals surface area contributed by atoms with Gasteiger partial charge in [0.1, 0.15) is 0 Å². The van der Waals surface area contributed by atoms with E-state index in [1.54, 1.807) is 24.3 Å². The molecule has 1 aliphatic carbocycles. The van der Waals surface area contributed by atoms with Crippen LogP contribution in [0, 0.1) is 5.92 Å². The molecular weight excluding hydrogens is 344 g/mol. The average Bonchev–Trinajstić information content (AvgIpc) is 2.57. The summed E-state index contributed by atoms with van der Waals surface area (Å²) in [5.41, 5.74) is 6.27. The van der Waals surface area contributed by atoms with Crippen LogP contribution in [-0.2, 0) is 9.59 Å². The number of carbonyl (C=O) groups is 3. The fourth-order valence-corrected chi connectivity index (χ4v) is 3.32. The molecule has 0 radical (unpaired) electrons. The Morgan fingerprint density at radius 1 is 1.20 bits per heavy atom. The first-order chi connectivity index (χ1) is 12.0. The maximum atomic E-state index is 12.7. The average molecular weight is 363 g/mol. The third-order valence-corrected chi connectivity index (χ3v) is 4.82. The van der Waals surface area contributed by atoms with Gasteiger partial charge in [0.05, 0.1) is 16.8 Å². The molecule has 1 aromatic rings. The maximum absolute atomic E-state index is 12.7. The Balaban J connectivity index is 1.84. The first kappa shape index (κ1) is 17.6. The number of nitrogens with one attached hydrogen (secondary N) is 1. The van der Waals surface area contributed by atoms with Crippen molar-refractivity contribution < 1.29 is 14.4 Å². The van der Waals surface area contributed by atoms with Crippen LogP contribution in [0.5, 0.6) is 0 Å². The van der Waals surface area contributed by atoms with Crippen LogP contribution in [-0.4, -0.2) is 36.1 Å². The van der Waals surface area contributed by atoms with Gasteiger partial charge in [-0.1, -0.05) is 36.6 Å². The van der Waals surface area contributed by atoms with Gasteiger partial charge in [-0.3, -0.25) is 19.9 Å². The summed E-state index contributed by atoms with van der Waals surface area (Å²) in [6.07, 6.45) is 5.09. The van der Waals surface area contributed by atoms with Crippen LogP contribution in [0.25, 0.3) is 0 Å². The topological polar surface area (TPSA) is 105 Å². The zero-order chi connectivity index (χ0) is 18.0. The van der Waals surface area contributed by atoms with Crippen LogP contribution < -0.4 is 16.0 Å². The maximum Gasteiger partial charge on any atom is 0.335 e. The number of hydrogen-bond donors (Lipinski definition) is 2. The van der Waals surface area contributed by atoms with Gasteiger partial charge in [-0.2, -0.15) is 0 Å². The monoisotopic (exact) mass is 362 g/mol. The summed E-state index contributed by atoms with van der Waals surface area (Å²) >= 11 is 6.08. The number of imide groups is 2. The summed E-state index contributed by atoms with van der Waals surface area (Å²) in [5.74, 6) is -2.54. The lowest BCUT2D eigenvalue weighted by Gasteiger charge is -2.30. The van der Waals surface area contributed by atoms with E-state index in [-0.39, 0.29) is 22.8 Å². The minimum absolute atomic E-state index is 0.0759. The third kappa shape index (κ3) is 3.57. The van der Waals surface area contributed by atoms with Gasteiger partial charge in [0, 0.05) is 12.3 Å². The molecule has 1 saturated heterocycles. The van der Waals surface area contributed by atoms with Crippen molar-refractivity contribution in [3.63, 3.8) is 0 Å². The zero-order valence-electron chi connectivity index (χ0n) is 13.5. The molecule has 1 aliphatic heterocycles. The van der Waals surface area contributed by atoms with E-state index in [4.69, 9.17) is 17.3 Å². The predicted molar refractivity (Wildman–Crippen MR) is 94.7 cm³/mol. The number of carbonyl (C=O) groups excluding carboxylic acids is 3. The van der Waals surface area contributed by atoms with E-state index in [2.05, 4.69) is 10.3 Å². The van der Waals surface area contributed by atoms with Crippen LogP contribution in [0.4, 0.5) is 10.5 Å². The van der Waals surface area contributed by atoms with Crippen LogP contribution in [0.15, 0.2) is 29.3 Å². The molecule has 1 heterocycles. The molecule has 7 nitrogen and oxygen atoms in total. The number of amides is 4. The molecule has 0 bridgehead atoms. The summed E-state index contributed by atoms with van der Waals surface area (Å²) in [6, 6.07) is 5.45. The highest BCUT2D eigenvalue weighted by Gasteiger charge is 2.41. The molecule has 3 rings (SSSR count). The number of urea groups is 1. The van der Waals surface area contributed by atoms with E-state index < -0.39 is 23.8 Å². The van der Waals surface area contributed by atoms with Gasteiger partial charge in [0.25, 0.3) is 5.91 Å². The lowest BCUT2D eigenvalue weighted by molar-refractivity contribution is -0.131. The van der Waals surface area contributed by atoms with E-state index in [1.165, 1.54) is 6.21 Å². The highest BCUT2D eigenvalue weighted by atomic mass is 35.5. The third-order valence-electron chi connectivity index (χ3n) is 4.50. The van der Waals surface area contributed by atoms with Gasteiger partial charge >= 0.3 is 6.03 Å². The van der Waals surface area contributed by atoms with Crippen molar-refractivity contribution in [1.29, 1.82) is 0 Å². The molecule has 2 fully saturated rings. The zero-order valence-corrected chi connectivity index (χ0v) is 14.3. The second kappa shape index (κ2) is 7.33. The van der Waals surface area contributed by atoms with E-state index >= 15 is 0 Å². The van der Waals surface area contributed by atoms with Crippen molar-refractivity contribution in [3.05, 3.63) is 29.3 Å². The number of rotatable bonds is 3. The molecule has 4 amide bonds. The number of hydrogen-bond acceptors (Lipinski definition) is 5. The molecular formula is C17H19ClN4O3. The summed E-state index contributed by atoms with van der Waals surface area (Å²) in [4.78, 5) is 42.2. The molecule has 2 aliphatic rings. The molecule has 3 N–H and O–H groups in total. The Hall–Kier alpha value is -2.25. The summed E-state index contributed by atoms with van der Waals surface area (Å²) in [7, 11) is 0. The van der Waals surface area contributed by atoms with E-state index in [9.17, 15) is 14.4 Å². The lowest BCUT2D eigenvalue weighted by Crippen LogP contribution is -2.58. The predicted octanol–water partition coefficient (Wildman–Crippen LogP) is 1.88. The largest absolute Gasteiger partial charge is 0.335 e. The van der Waals surface area contributed by atoms with Gasteiger partial charge in [-0.25, -0.2) is 9.69 Å². The van der Waals surface area contributed by atoms with Crippen LogP contribution in [0.1, 0.15) is 25.7 Å². The van der Waals surface area contributed by atoms with Crippen LogP contribution >= 0.6 is 11.6 Å². The number of aliphatic imine (C=N–C) groups is 1. The molecule has 8 heteroatoms. The molecule has 1 aromatic carbocycles. The second-order valence-corrected chi connectivity index (χ2v) is 6.62. The molecule has 0 unspecified atom stereocenters. The Labute approximate surface area is 150 Å². The Morgan fingerprint density at radius 2 is 1.92 bits per heavy atom. The van der Waals surface area contributed by atoms with Crippen molar-refractivity contribution in [2.45, 2.75) is 37.8 Å². The van der Waals surface area contributed by atoms with E-state index in [0.717, 1.165) is 30.6 Å².